The van der Waals surface area contributed by atoms with Gasteiger partial charge in [0.1, 0.15) is 0 Å². The first-order chi connectivity index (χ1) is 14.0. The quantitative estimate of drug-likeness (QED) is 0.505. The first kappa shape index (κ1) is 20.2. The number of aliphatic hydroxyl groups is 1. The van der Waals surface area contributed by atoms with Crippen LogP contribution in [-0.2, 0) is 6.54 Å². The number of benzene rings is 2. The van der Waals surface area contributed by atoms with E-state index in [9.17, 15) is 0 Å². The van der Waals surface area contributed by atoms with E-state index in [4.69, 9.17) is 16.7 Å². The first-order valence-electron chi connectivity index (χ1n) is 10.5. The summed E-state index contributed by atoms with van der Waals surface area (Å²) < 4.78 is 0. The molecule has 0 atom stereocenters. The van der Waals surface area contributed by atoms with Gasteiger partial charge in [0.05, 0.1) is 5.52 Å². The van der Waals surface area contributed by atoms with Crippen molar-refractivity contribution in [2.24, 2.45) is 0 Å². The summed E-state index contributed by atoms with van der Waals surface area (Å²) >= 11 is 5.98. The van der Waals surface area contributed by atoms with Crippen LogP contribution in [0.5, 0.6) is 0 Å². The molecule has 4 heterocycles. The van der Waals surface area contributed by atoms with E-state index in [1.54, 1.807) is 13.8 Å². The Hall–Kier alpha value is -2.07. The second-order valence-electron chi connectivity index (χ2n) is 8.32. The highest BCUT2D eigenvalue weighted by atomic mass is 35.5. The molecule has 0 saturated carbocycles. The number of H-pyrrole nitrogens is 1. The lowest BCUT2D eigenvalue weighted by molar-refractivity contribution is 0.216. The Labute approximate surface area is 178 Å². The molecule has 29 heavy (non-hydrogen) atoms. The fraction of sp³-hybridized carbons (Fsp3) is 0.360. The van der Waals surface area contributed by atoms with Gasteiger partial charge in [-0.3, -0.25) is 4.90 Å². The van der Waals surface area contributed by atoms with Crippen LogP contribution in [0.4, 0.5) is 0 Å². The molecule has 1 fully saturated rings. The third-order valence-corrected chi connectivity index (χ3v) is 5.96. The predicted molar refractivity (Wildman–Crippen MR) is 123 cm³/mol. The summed E-state index contributed by atoms with van der Waals surface area (Å²) in [6.07, 6.45) is 6.78. The summed E-state index contributed by atoms with van der Waals surface area (Å²) in [6.45, 7) is 7.02. The van der Waals surface area contributed by atoms with Crippen molar-refractivity contribution in [3.8, 4) is 0 Å². The van der Waals surface area contributed by atoms with Crippen LogP contribution in [0.2, 0.25) is 5.02 Å². The first-order valence-corrected chi connectivity index (χ1v) is 10.9. The zero-order valence-electron chi connectivity index (χ0n) is 17.2. The molecule has 3 aliphatic heterocycles. The SMILES string of the molecule is CC(C)O.Clc1ccc(/C=C/c2cccc3c4c([nH]c23)C2CCN(CC2)C4)cc1. The van der Waals surface area contributed by atoms with Crippen molar-refractivity contribution in [3.63, 3.8) is 0 Å². The largest absolute Gasteiger partial charge is 0.394 e. The highest BCUT2D eigenvalue weighted by molar-refractivity contribution is 6.30. The van der Waals surface area contributed by atoms with Crippen LogP contribution in [0.1, 0.15) is 55.0 Å². The number of aromatic nitrogens is 1. The number of halogens is 1. The average Bonchev–Trinajstić information content (AvgIpc) is 2.87. The van der Waals surface area contributed by atoms with Crippen molar-refractivity contribution in [2.75, 3.05) is 13.1 Å². The minimum Gasteiger partial charge on any atom is -0.394 e. The third kappa shape index (κ3) is 4.58. The molecular formula is C25H29ClN2O. The summed E-state index contributed by atoms with van der Waals surface area (Å²) in [6, 6.07) is 14.6. The van der Waals surface area contributed by atoms with Crippen LogP contribution < -0.4 is 0 Å². The number of rotatable bonds is 2. The topological polar surface area (TPSA) is 39.3 Å². The number of fused-ring (bicyclic) bond motifs is 3. The number of hydrogen-bond acceptors (Lipinski definition) is 2. The van der Waals surface area contributed by atoms with Gasteiger partial charge >= 0.3 is 0 Å². The van der Waals surface area contributed by atoms with Crippen molar-refractivity contribution >= 4 is 34.7 Å². The molecule has 6 rings (SSSR count). The van der Waals surface area contributed by atoms with E-state index in [1.165, 1.54) is 59.2 Å². The lowest BCUT2D eigenvalue weighted by Crippen LogP contribution is -2.29. The molecule has 2 N–H and O–H groups in total. The van der Waals surface area contributed by atoms with Crippen LogP contribution in [0.25, 0.3) is 23.1 Å². The van der Waals surface area contributed by atoms with Crippen LogP contribution in [0.15, 0.2) is 42.5 Å². The normalized spacial score (nSPS) is 20.6. The molecule has 4 heteroatoms. The Morgan fingerprint density at radius 2 is 1.76 bits per heavy atom. The summed E-state index contributed by atoms with van der Waals surface area (Å²) in [5.74, 6) is 0.703. The van der Waals surface area contributed by atoms with Gasteiger partial charge in [0.25, 0.3) is 0 Å². The van der Waals surface area contributed by atoms with Gasteiger partial charge in [-0.25, -0.2) is 0 Å². The van der Waals surface area contributed by atoms with Gasteiger partial charge in [-0.2, -0.15) is 0 Å². The summed E-state index contributed by atoms with van der Waals surface area (Å²) in [7, 11) is 0. The molecule has 2 bridgehead atoms. The van der Waals surface area contributed by atoms with Crippen molar-refractivity contribution in [2.45, 2.75) is 45.3 Å². The Morgan fingerprint density at radius 3 is 2.45 bits per heavy atom. The molecule has 152 valence electrons. The van der Waals surface area contributed by atoms with Crippen molar-refractivity contribution in [1.82, 2.24) is 9.88 Å². The van der Waals surface area contributed by atoms with E-state index in [2.05, 4.69) is 52.4 Å². The number of piperidine rings is 1. The van der Waals surface area contributed by atoms with Gasteiger partial charge in [-0.1, -0.05) is 54.1 Å². The number of hydrogen-bond donors (Lipinski definition) is 2. The van der Waals surface area contributed by atoms with E-state index in [1.807, 2.05) is 12.1 Å². The highest BCUT2D eigenvalue weighted by Crippen LogP contribution is 2.39. The number of aromatic amines is 1. The molecule has 3 aromatic rings. The Balaban J connectivity index is 0.000000472. The minimum absolute atomic E-state index is 0.167. The molecule has 0 unspecified atom stereocenters. The van der Waals surface area contributed by atoms with Gasteiger partial charge in [-0.15, -0.1) is 0 Å². The Morgan fingerprint density at radius 1 is 1.07 bits per heavy atom. The monoisotopic (exact) mass is 408 g/mol. The Bertz CT molecular complexity index is 993. The molecule has 1 aromatic heterocycles. The number of para-hydroxylation sites is 1. The van der Waals surface area contributed by atoms with Crippen molar-refractivity contribution < 1.29 is 5.11 Å². The van der Waals surface area contributed by atoms with Crippen molar-refractivity contribution in [1.29, 1.82) is 0 Å². The highest BCUT2D eigenvalue weighted by Gasteiger charge is 2.30. The molecule has 0 amide bonds. The lowest BCUT2D eigenvalue weighted by atomic mass is 9.94. The van der Waals surface area contributed by atoms with Gasteiger partial charge in [0.15, 0.2) is 0 Å². The zero-order valence-corrected chi connectivity index (χ0v) is 17.9. The second kappa shape index (κ2) is 8.74. The van der Waals surface area contributed by atoms with E-state index in [0.29, 0.717) is 5.92 Å². The molecule has 0 radical (unpaired) electrons. The second-order valence-corrected chi connectivity index (χ2v) is 8.75. The fourth-order valence-corrected chi connectivity index (χ4v) is 4.46. The molecule has 3 nitrogen and oxygen atoms in total. The van der Waals surface area contributed by atoms with Gasteiger partial charge < -0.3 is 10.1 Å². The smallest absolute Gasteiger partial charge is 0.0533 e. The minimum atomic E-state index is -0.167. The Kier molecular flexibility index (Phi) is 6.09. The molecule has 0 spiro atoms. The predicted octanol–water partition coefficient (Wildman–Crippen LogP) is 6.07. The summed E-state index contributed by atoms with van der Waals surface area (Å²) in [4.78, 5) is 6.40. The summed E-state index contributed by atoms with van der Waals surface area (Å²) in [5.41, 5.74) is 6.72. The third-order valence-electron chi connectivity index (χ3n) is 5.71. The van der Waals surface area contributed by atoms with Crippen LogP contribution in [-0.4, -0.2) is 34.2 Å². The van der Waals surface area contributed by atoms with Crippen LogP contribution in [0, 0.1) is 0 Å². The van der Waals surface area contributed by atoms with Gasteiger partial charge in [0.2, 0.25) is 0 Å². The number of aliphatic hydroxyl groups excluding tert-OH is 1. The number of nitrogens with one attached hydrogen (secondary N) is 1. The molecule has 3 aliphatic rings. The number of nitrogens with zero attached hydrogens (tertiary/aromatic N) is 1. The maximum absolute atomic E-state index is 8.06. The summed E-state index contributed by atoms with van der Waals surface area (Å²) in [5, 5.41) is 10.2. The fourth-order valence-electron chi connectivity index (χ4n) is 4.34. The standard InChI is InChI=1S/C22H21ClN2.C3H8O/c23-18-8-5-15(6-9-18)4-7-16-2-1-3-19-20-14-25-12-10-17(11-13-25)22(20)24-21(16)19;1-3(2)4/h1-9,17,24H,10-14H2;3-4H,1-2H3/b7-4+;. The van der Waals surface area contributed by atoms with E-state index >= 15 is 0 Å². The lowest BCUT2D eigenvalue weighted by Gasteiger charge is -2.26. The molecule has 1 saturated heterocycles. The maximum Gasteiger partial charge on any atom is 0.0533 e. The van der Waals surface area contributed by atoms with E-state index in [0.717, 1.165) is 11.6 Å². The molecule has 0 aliphatic carbocycles. The van der Waals surface area contributed by atoms with E-state index < -0.39 is 0 Å². The van der Waals surface area contributed by atoms with Crippen LogP contribution >= 0.6 is 11.6 Å². The molecular weight excluding hydrogens is 380 g/mol. The maximum atomic E-state index is 8.06. The van der Waals surface area contributed by atoms with Gasteiger partial charge in [-0.05, 0) is 68.6 Å². The zero-order chi connectivity index (χ0) is 20.4. The molecule has 2 aromatic carbocycles. The van der Waals surface area contributed by atoms with E-state index in [-0.39, 0.29) is 6.10 Å². The van der Waals surface area contributed by atoms with Crippen molar-refractivity contribution in [3.05, 3.63) is 69.9 Å². The van der Waals surface area contributed by atoms with Crippen LogP contribution in [0.3, 0.4) is 0 Å². The average molecular weight is 409 g/mol. The van der Waals surface area contributed by atoms with Gasteiger partial charge in [0, 0.05) is 34.7 Å².